The molecule has 0 aromatic rings. The van der Waals surface area contributed by atoms with Gasteiger partial charge in [0.25, 0.3) is 0 Å². The summed E-state index contributed by atoms with van der Waals surface area (Å²) in [7, 11) is 0. The van der Waals surface area contributed by atoms with E-state index in [1.165, 1.54) is 5.57 Å². The third-order valence-corrected chi connectivity index (χ3v) is 3.10. The normalized spacial score (nSPS) is 27.6. The van der Waals surface area contributed by atoms with Gasteiger partial charge in [-0.2, -0.15) is 0 Å². The third kappa shape index (κ3) is 3.22. The van der Waals surface area contributed by atoms with Gasteiger partial charge in [-0.1, -0.05) is 18.6 Å². The highest BCUT2D eigenvalue weighted by molar-refractivity contribution is 5.70. The van der Waals surface area contributed by atoms with Crippen LogP contribution < -0.4 is 0 Å². The lowest BCUT2D eigenvalue weighted by molar-refractivity contribution is 0.0151. The molecule has 0 aromatic carbocycles. The van der Waals surface area contributed by atoms with Crippen molar-refractivity contribution in [1.82, 2.24) is 4.90 Å². The van der Waals surface area contributed by atoms with Crippen molar-refractivity contribution in [2.24, 2.45) is 5.92 Å². The molecule has 1 rings (SSSR count). The molecule has 1 heterocycles. The molecule has 4 nitrogen and oxygen atoms in total. The van der Waals surface area contributed by atoms with Crippen LogP contribution in [0.3, 0.4) is 0 Å². The van der Waals surface area contributed by atoms with Crippen LogP contribution in [0.1, 0.15) is 34.6 Å². The Labute approximate surface area is 103 Å². The largest absolute Gasteiger partial charge is 0.444 e. The molecule has 17 heavy (non-hydrogen) atoms. The summed E-state index contributed by atoms with van der Waals surface area (Å²) in [5.74, 6) is 0.192. The first kappa shape index (κ1) is 14.0. The Morgan fingerprint density at radius 2 is 2.18 bits per heavy atom. The van der Waals surface area contributed by atoms with Crippen molar-refractivity contribution in [2.75, 3.05) is 13.2 Å². The van der Waals surface area contributed by atoms with Crippen molar-refractivity contribution in [2.45, 2.75) is 46.3 Å². The van der Waals surface area contributed by atoms with Crippen molar-refractivity contribution in [3.63, 3.8) is 0 Å². The van der Waals surface area contributed by atoms with Gasteiger partial charge in [0.1, 0.15) is 5.60 Å². The van der Waals surface area contributed by atoms with E-state index in [4.69, 9.17) is 4.74 Å². The molecule has 0 radical (unpaired) electrons. The molecule has 1 saturated heterocycles. The highest BCUT2D eigenvalue weighted by atomic mass is 16.6. The lowest BCUT2D eigenvalue weighted by Crippen LogP contribution is -2.42. The molecule has 0 aliphatic carbocycles. The lowest BCUT2D eigenvalue weighted by atomic mass is 9.99. The van der Waals surface area contributed by atoms with Gasteiger partial charge >= 0.3 is 6.09 Å². The summed E-state index contributed by atoms with van der Waals surface area (Å²) >= 11 is 0. The highest BCUT2D eigenvalue weighted by Crippen LogP contribution is 2.30. The fourth-order valence-electron chi connectivity index (χ4n) is 2.11. The van der Waals surface area contributed by atoms with Crippen molar-refractivity contribution >= 4 is 6.09 Å². The zero-order valence-corrected chi connectivity index (χ0v) is 11.4. The molecule has 0 unspecified atom stereocenters. The monoisotopic (exact) mass is 241 g/mol. The van der Waals surface area contributed by atoms with E-state index in [9.17, 15) is 9.90 Å². The van der Waals surface area contributed by atoms with E-state index in [1.807, 2.05) is 40.7 Å². The first-order valence-corrected chi connectivity index (χ1v) is 6.05. The minimum absolute atomic E-state index is 0.0300. The van der Waals surface area contributed by atoms with Crippen LogP contribution in [-0.4, -0.2) is 40.9 Å². The van der Waals surface area contributed by atoms with E-state index in [2.05, 4.69) is 0 Å². The topological polar surface area (TPSA) is 49.8 Å². The Kier molecular flexibility index (Phi) is 4.20. The number of allylic oxidation sites excluding steroid dienone is 1. The predicted molar refractivity (Wildman–Crippen MR) is 66.7 cm³/mol. The second kappa shape index (κ2) is 5.08. The number of likely N-dealkylation sites (tertiary alicyclic amines) is 1. The number of ether oxygens (including phenoxy) is 1. The molecule has 1 aliphatic rings. The summed E-state index contributed by atoms with van der Waals surface area (Å²) in [6.45, 7) is 10.0. The Hall–Kier alpha value is -1.03. The Morgan fingerprint density at radius 3 is 2.59 bits per heavy atom. The van der Waals surface area contributed by atoms with Crippen molar-refractivity contribution in [3.8, 4) is 0 Å². The maximum absolute atomic E-state index is 12.0. The first-order valence-electron chi connectivity index (χ1n) is 6.05. The summed E-state index contributed by atoms with van der Waals surface area (Å²) in [6, 6.07) is -0.170. The fraction of sp³-hybridized carbons (Fsp3) is 0.769. The zero-order valence-electron chi connectivity index (χ0n) is 11.4. The summed E-state index contributed by atoms with van der Waals surface area (Å²) in [5.41, 5.74) is 0.675. The number of hydrogen-bond acceptors (Lipinski definition) is 3. The van der Waals surface area contributed by atoms with Crippen LogP contribution in [0.4, 0.5) is 4.79 Å². The molecule has 0 saturated carbocycles. The van der Waals surface area contributed by atoms with Gasteiger partial charge < -0.3 is 9.84 Å². The number of carbonyl (C=O) groups is 1. The molecule has 2 atom stereocenters. The average molecular weight is 241 g/mol. The number of nitrogens with zero attached hydrogens (tertiary/aromatic N) is 1. The first-order chi connectivity index (χ1) is 7.80. The predicted octanol–water partition coefficient (Wildman–Crippen LogP) is 2.18. The third-order valence-electron chi connectivity index (χ3n) is 3.10. The molecular formula is C13H23NO3. The molecule has 0 bridgehead atoms. The summed E-state index contributed by atoms with van der Waals surface area (Å²) in [6.07, 6.45) is 1.66. The Morgan fingerprint density at radius 1 is 1.59 bits per heavy atom. The van der Waals surface area contributed by atoms with Gasteiger partial charge in [-0.05, 0) is 27.7 Å². The SMILES string of the molecule is C/C=C1\CN(C(=O)OC(C)(C)C)[C@@H](CO)[C@H]1C. The minimum Gasteiger partial charge on any atom is -0.444 e. The standard InChI is InChI=1S/C13H23NO3/c1-6-10-7-14(11(8-15)9(10)2)12(16)17-13(3,4)5/h6,9,11,15H,7-8H2,1-5H3/b10-6+/t9-,11-/m0/s1. The van der Waals surface area contributed by atoms with Gasteiger partial charge in [0.05, 0.1) is 12.6 Å². The van der Waals surface area contributed by atoms with E-state index in [1.54, 1.807) is 4.90 Å². The molecule has 1 N–H and O–H groups in total. The second-order valence-electron chi connectivity index (χ2n) is 5.51. The van der Waals surface area contributed by atoms with Crippen molar-refractivity contribution in [1.29, 1.82) is 0 Å². The quantitative estimate of drug-likeness (QED) is 0.716. The van der Waals surface area contributed by atoms with Crippen molar-refractivity contribution < 1.29 is 14.6 Å². The van der Waals surface area contributed by atoms with Crippen LogP contribution in [0.15, 0.2) is 11.6 Å². The molecule has 1 amide bonds. The minimum atomic E-state index is -0.501. The number of aliphatic hydroxyl groups is 1. The van der Waals surface area contributed by atoms with Gasteiger partial charge in [-0.25, -0.2) is 4.79 Å². The number of rotatable bonds is 1. The smallest absolute Gasteiger partial charge is 0.410 e. The number of amides is 1. The van der Waals surface area contributed by atoms with E-state index < -0.39 is 5.60 Å². The summed E-state index contributed by atoms with van der Waals surface area (Å²) in [4.78, 5) is 13.6. The number of carbonyl (C=O) groups excluding carboxylic acids is 1. The van der Waals surface area contributed by atoms with Crippen molar-refractivity contribution in [3.05, 3.63) is 11.6 Å². The Balaban J connectivity index is 2.80. The molecule has 4 heteroatoms. The summed E-state index contributed by atoms with van der Waals surface area (Å²) < 4.78 is 5.34. The molecule has 1 aliphatic heterocycles. The van der Waals surface area contributed by atoms with E-state index in [0.29, 0.717) is 6.54 Å². The average Bonchev–Trinajstić information content (AvgIpc) is 2.52. The highest BCUT2D eigenvalue weighted by Gasteiger charge is 2.38. The Bertz CT molecular complexity index is 317. The zero-order chi connectivity index (χ0) is 13.2. The molecule has 0 aromatic heterocycles. The fourth-order valence-corrected chi connectivity index (χ4v) is 2.11. The van der Waals surface area contributed by atoms with E-state index in [-0.39, 0.29) is 24.7 Å². The van der Waals surface area contributed by atoms with Gasteiger partial charge in [0.2, 0.25) is 0 Å². The molecular weight excluding hydrogens is 218 g/mol. The van der Waals surface area contributed by atoms with E-state index >= 15 is 0 Å². The summed E-state index contributed by atoms with van der Waals surface area (Å²) in [5, 5.41) is 9.39. The van der Waals surface area contributed by atoms with Crippen LogP contribution in [0.5, 0.6) is 0 Å². The van der Waals surface area contributed by atoms with E-state index in [0.717, 1.165) is 0 Å². The van der Waals surface area contributed by atoms with Gasteiger partial charge in [-0.15, -0.1) is 0 Å². The number of hydrogen-bond donors (Lipinski definition) is 1. The molecule has 0 spiro atoms. The second-order valence-corrected chi connectivity index (χ2v) is 5.51. The van der Waals surface area contributed by atoms with Gasteiger partial charge in [0, 0.05) is 12.5 Å². The maximum atomic E-state index is 12.0. The van der Waals surface area contributed by atoms with Gasteiger partial charge in [-0.3, -0.25) is 4.90 Å². The lowest BCUT2D eigenvalue weighted by Gasteiger charge is -2.28. The molecule has 98 valence electrons. The number of aliphatic hydroxyl groups excluding tert-OH is 1. The van der Waals surface area contributed by atoms with Crippen LogP contribution >= 0.6 is 0 Å². The van der Waals surface area contributed by atoms with Crippen LogP contribution in [-0.2, 0) is 4.74 Å². The maximum Gasteiger partial charge on any atom is 0.410 e. The van der Waals surface area contributed by atoms with Crippen LogP contribution in [0.2, 0.25) is 0 Å². The van der Waals surface area contributed by atoms with Crippen LogP contribution in [0, 0.1) is 5.92 Å². The van der Waals surface area contributed by atoms with Gasteiger partial charge in [0.15, 0.2) is 0 Å². The van der Waals surface area contributed by atoms with Crippen LogP contribution in [0.25, 0.3) is 0 Å². The molecule has 1 fully saturated rings.